The Balaban J connectivity index is 1.85. The van der Waals surface area contributed by atoms with Gasteiger partial charge < -0.3 is 4.74 Å². The van der Waals surface area contributed by atoms with Crippen LogP contribution in [0.2, 0.25) is 0 Å². The van der Waals surface area contributed by atoms with Crippen LogP contribution < -0.4 is 4.90 Å². The SMILES string of the molecule is COC(=O)c1ccc(C(=O)N(C)c2nc3ccccc3s2)cc1. The summed E-state index contributed by atoms with van der Waals surface area (Å²) in [6.45, 7) is 0. The van der Waals surface area contributed by atoms with Crippen molar-refractivity contribution in [1.29, 1.82) is 0 Å². The minimum atomic E-state index is -0.427. The summed E-state index contributed by atoms with van der Waals surface area (Å²) in [5.41, 5.74) is 1.76. The fourth-order valence-corrected chi connectivity index (χ4v) is 3.08. The van der Waals surface area contributed by atoms with Crippen LogP contribution in [0.15, 0.2) is 48.5 Å². The molecule has 3 rings (SSSR count). The molecule has 0 saturated heterocycles. The fraction of sp³-hybridized carbons (Fsp3) is 0.118. The summed E-state index contributed by atoms with van der Waals surface area (Å²) in [6.07, 6.45) is 0. The molecule has 0 bridgehead atoms. The number of nitrogens with zero attached hydrogens (tertiary/aromatic N) is 2. The molecule has 0 aliphatic carbocycles. The van der Waals surface area contributed by atoms with Gasteiger partial charge in [-0.3, -0.25) is 9.69 Å². The van der Waals surface area contributed by atoms with Gasteiger partial charge >= 0.3 is 5.97 Å². The first kappa shape index (κ1) is 15.2. The normalized spacial score (nSPS) is 10.5. The highest BCUT2D eigenvalue weighted by Crippen LogP contribution is 2.28. The molecule has 1 heterocycles. The molecule has 0 spiro atoms. The highest BCUT2D eigenvalue weighted by molar-refractivity contribution is 7.22. The lowest BCUT2D eigenvalue weighted by molar-refractivity contribution is 0.0600. The van der Waals surface area contributed by atoms with Crippen molar-refractivity contribution in [2.24, 2.45) is 0 Å². The number of ether oxygens (including phenoxy) is 1. The van der Waals surface area contributed by atoms with Gasteiger partial charge in [-0.05, 0) is 36.4 Å². The van der Waals surface area contributed by atoms with E-state index in [9.17, 15) is 9.59 Å². The van der Waals surface area contributed by atoms with Gasteiger partial charge in [0.05, 0.1) is 22.9 Å². The number of benzene rings is 2. The average molecular weight is 326 g/mol. The zero-order valence-electron chi connectivity index (χ0n) is 12.6. The number of rotatable bonds is 3. The summed E-state index contributed by atoms with van der Waals surface area (Å²) >= 11 is 1.46. The van der Waals surface area contributed by atoms with Crippen LogP contribution in [0.1, 0.15) is 20.7 Å². The molecule has 0 unspecified atom stereocenters. The number of hydrogen-bond donors (Lipinski definition) is 0. The standard InChI is InChI=1S/C17H14N2O3S/c1-19(17-18-13-5-3-4-6-14(13)23-17)15(20)11-7-9-12(10-8-11)16(21)22-2/h3-10H,1-2H3. The Morgan fingerprint density at radius 2 is 1.70 bits per heavy atom. The van der Waals surface area contributed by atoms with Crippen molar-refractivity contribution < 1.29 is 14.3 Å². The minimum absolute atomic E-state index is 0.180. The largest absolute Gasteiger partial charge is 0.465 e. The van der Waals surface area contributed by atoms with Gasteiger partial charge in [-0.25, -0.2) is 9.78 Å². The maximum absolute atomic E-state index is 12.5. The predicted molar refractivity (Wildman–Crippen MR) is 90.1 cm³/mol. The molecule has 0 radical (unpaired) electrons. The molecule has 0 fully saturated rings. The van der Waals surface area contributed by atoms with Crippen LogP contribution in [0.3, 0.4) is 0 Å². The number of amides is 1. The van der Waals surface area contributed by atoms with E-state index < -0.39 is 5.97 Å². The quantitative estimate of drug-likeness (QED) is 0.693. The molecule has 116 valence electrons. The molecule has 1 aromatic heterocycles. The summed E-state index contributed by atoms with van der Waals surface area (Å²) in [4.78, 5) is 30.0. The highest BCUT2D eigenvalue weighted by Gasteiger charge is 2.17. The molecule has 0 aliphatic heterocycles. The van der Waals surface area contributed by atoms with E-state index in [4.69, 9.17) is 0 Å². The second kappa shape index (κ2) is 6.18. The maximum atomic E-state index is 12.5. The summed E-state index contributed by atoms with van der Waals surface area (Å²) in [5, 5.41) is 0.633. The van der Waals surface area contributed by atoms with E-state index >= 15 is 0 Å². The third-order valence-electron chi connectivity index (χ3n) is 3.43. The molecular weight excluding hydrogens is 312 g/mol. The van der Waals surface area contributed by atoms with Crippen LogP contribution in [-0.4, -0.2) is 31.0 Å². The van der Waals surface area contributed by atoms with Crippen LogP contribution in [0.4, 0.5) is 5.13 Å². The first-order valence-corrected chi connectivity index (χ1v) is 7.74. The van der Waals surface area contributed by atoms with Crippen molar-refractivity contribution in [2.45, 2.75) is 0 Å². The topological polar surface area (TPSA) is 59.5 Å². The van der Waals surface area contributed by atoms with Gasteiger partial charge in [0, 0.05) is 12.6 Å². The van der Waals surface area contributed by atoms with Crippen LogP contribution >= 0.6 is 11.3 Å². The first-order chi connectivity index (χ1) is 11.1. The monoisotopic (exact) mass is 326 g/mol. The summed E-state index contributed by atoms with van der Waals surface area (Å²) in [6, 6.07) is 14.1. The molecule has 23 heavy (non-hydrogen) atoms. The van der Waals surface area contributed by atoms with Gasteiger partial charge in [0.15, 0.2) is 5.13 Å². The van der Waals surface area contributed by atoms with Gasteiger partial charge in [0.25, 0.3) is 5.91 Å². The van der Waals surface area contributed by atoms with Gasteiger partial charge in [-0.2, -0.15) is 0 Å². The van der Waals surface area contributed by atoms with E-state index in [1.54, 1.807) is 31.3 Å². The number of anilines is 1. The Hall–Kier alpha value is -2.73. The van der Waals surface area contributed by atoms with E-state index in [0.717, 1.165) is 10.2 Å². The van der Waals surface area contributed by atoms with Crippen LogP contribution in [0.25, 0.3) is 10.2 Å². The van der Waals surface area contributed by atoms with Crippen molar-refractivity contribution in [3.63, 3.8) is 0 Å². The maximum Gasteiger partial charge on any atom is 0.337 e. The Morgan fingerprint density at radius 3 is 2.35 bits per heavy atom. The number of aromatic nitrogens is 1. The molecule has 2 aromatic carbocycles. The number of hydrogen-bond acceptors (Lipinski definition) is 5. The Labute approximate surface area is 137 Å². The van der Waals surface area contributed by atoms with E-state index in [-0.39, 0.29) is 5.91 Å². The van der Waals surface area contributed by atoms with Crippen LogP contribution in [-0.2, 0) is 4.74 Å². The van der Waals surface area contributed by atoms with Gasteiger partial charge in [-0.15, -0.1) is 0 Å². The molecule has 5 nitrogen and oxygen atoms in total. The minimum Gasteiger partial charge on any atom is -0.465 e. The fourth-order valence-electron chi connectivity index (χ4n) is 2.15. The second-order valence-electron chi connectivity index (χ2n) is 4.90. The molecule has 3 aromatic rings. The molecule has 0 N–H and O–H groups in total. The van der Waals surface area contributed by atoms with E-state index in [0.29, 0.717) is 16.3 Å². The number of methoxy groups -OCH3 is 1. The number of thiazole rings is 1. The molecule has 0 aliphatic rings. The third-order valence-corrected chi connectivity index (χ3v) is 4.54. The third kappa shape index (κ3) is 2.93. The molecule has 0 saturated carbocycles. The van der Waals surface area contributed by atoms with Crippen LogP contribution in [0, 0.1) is 0 Å². The number of para-hydroxylation sites is 1. The zero-order chi connectivity index (χ0) is 16.4. The molecule has 1 amide bonds. The van der Waals surface area contributed by atoms with E-state index in [2.05, 4.69) is 9.72 Å². The predicted octanol–water partition coefficient (Wildman–Crippen LogP) is 3.36. The first-order valence-electron chi connectivity index (χ1n) is 6.92. The van der Waals surface area contributed by atoms with Crippen molar-refractivity contribution >= 4 is 38.6 Å². The average Bonchev–Trinajstić information content (AvgIpc) is 3.04. The van der Waals surface area contributed by atoms with Crippen LogP contribution in [0.5, 0.6) is 0 Å². The zero-order valence-corrected chi connectivity index (χ0v) is 13.5. The molecule has 0 atom stereocenters. The number of esters is 1. The smallest absolute Gasteiger partial charge is 0.337 e. The molecular formula is C17H14N2O3S. The van der Waals surface area contributed by atoms with Gasteiger partial charge in [0.2, 0.25) is 0 Å². The Morgan fingerprint density at radius 1 is 1.04 bits per heavy atom. The van der Waals surface area contributed by atoms with Crippen molar-refractivity contribution in [3.8, 4) is 0 Å². The van der Waals surface area contributed by atoms with Gasteiger partial charge in [-0.1, -0.05) is 23.5 Å². The summed E-state index contributed by atoms with van der Waals surface area (Å²) in [5.74, 6) is -0.607. The number of fused-ring (bicyclic) bond motifs is 1. The lowest BCUT2D eigenvalue weighted by atomic mass is 10.1. The van der Waals surface area contributed by atoms with Crippen molar-refractivity contribution in [3.05, 3.63) is 59.7 Å². The van der Waals surface area contributed by atoms with Crippen molar-refractivity contribution in [1.82, 2.24) is 4.98 Å². The van der Waals surface area contributed by atoms with E-state index in [1.807, 2.05) is 24.3 Å². The summed E-state index contributed by atoms with van der Waals surface area (Å²) in [7, 11) is 3.01. The Bertz CT molecular complexity index is 838. The lowest BCUT2D eigenvalue weighted by Crippen LogP contribution is -2.26. The van der Waals surface area contributed by atoms with Crippen molar-refractivity contribution in [2.75, 3.05) is 19.1 Å². The summed E-state index contributed by atoms with van der Waals surface area (Å²) < 4.78 is 5.68. The number of carbonyl (C=O) groups is 2. The lowest BCUT2D eigenvalue weighted by Gasteiger charge is -2.13. The van der Waals surface area contributed by atoms with E-state index in [1.165, 1.54) is 23.3 Å². The number of carbonyl (C=O) groups excluding carboxylic acids is 2. The molecule has 6 heteroatoms. The Kier molecular flexibility index (Phi) is 4.08. The highest BCUT2D eigenvalue weighted by atomic mass is 32.1. The van der Waals surface area contributed by atoms with Gasteiger partial charge in [0.1, 0.15) is 0 Å². The second-order valence-corrected chi connectivity index (χ2v) is 5.91.